The van der Waals surface area contributed by atoms with Crippen LogP contribution in [0.25, 0.3) is 32.8 Å². The predicted octanol–water partition coefficient (Wildman–Crippen LogP) is 7.82. The van der Waals surface area contributed by atoms with E-state index < -0.39 is 0 Å². The van der Waals surface area contributed by atoms with E-state index in [1.807, 2.05) is 18.3 Å². The number of fused-ring (bicyclic) bond motifs is 6. The molecule has 8 rings (SSSR count). The molecule has 0 spiro atoms. The van der Waals surface area contributed by atoms with Gasteiger partial charge in [0.15, 0.2) is 0 Å². The van der Waals surface area contributed by atoms with Crippen LogP contribution in [0, 0.1) is 0 Å². The van der Waals surface area contributed by atoms with Gasteiger partial charge in [0.05, 0.1) is 11.1 Å². The maximum absolute atomic E-state index is 6.19. The van der Waals surface area contributed by atoms with Gasteiger partial charge in [-0.1, -0.05) is 93.9 Å². The van der Waals surface area contributed by atoms with Crippen LogP contribution < -0.4 is 9.80 Å². The Labute approximate surface area is 258 Å². The summed E-state index contributed by atoms with van der Waals surface area (Å²) in [6.45, 7) is 3.77. The van der Waals surface area contributed by atoms with Crippen LogP contribution in [-0.2, 0) is 11.4 Å². The zero-order chi connectivity index (χ0) is 28.8. The lowest BCUT2D eigenvalue weighted by Gasteiger charge is -2.37. The summed E-state index contributed by atoms with van der Waals surface area (Å²) in [5.74, 6) is 1.97. The summed E-state index contributed by atoms with van der Waals surface area (Å²) in [7, 11) is 0. The Morgan fingerprint density at radius 3 is 2.35 bits per heavy atom. The number of halogens is 1. The molecule has 0 N–H and O–H groups in total. The SMILES string of the molecule is Brc1ccc2nc(N3CCN(c4ccccn4)CC3)c3c(c2c1)-c1ccccc1/C3=N/OCc1cccc2ccccc12. The molecular weight excluding hydrogens is 598 g/mol. The zero-order valence-electron chi connectivity index (χ0n) is 23.5. The fourth-order valence-corrected chi connectivity index (χ4v) is 6.73. The number of nitrogens with zero attached hydrogens (tertiary/aromatic N) is 5. The van der Waals surface area contributed by atoms with Crippen molar-refractivity contribution in [3.8, 4) is 11.1 Å². The Hall–Kier alpha value is -4.75. The second-order valence-corrected chi connectivity index (χ2v) is 11.8. The maximum Gasteiger partial charge on any atom is 0.142 e. The number of hydrogen-bond donors (Lipinski definition) is 0. The fraction of sp³-hybridized carbons (Fsp3) is 0.139. The van der Waals surface area contributed by atoms with E-state index in [2.05, 4.69) is 122 Å². The van der Waals surface area contributed by atoms with Crippen LogP contribution in [0.2, 0.25) is 0 Å². The van der Waals surface area contributed by atoms with Crippen LogP contribution >= 0.6 is 15.9 Å². The monoisotopic (exact) mass is 625 g/mol. The van der Waals surface area contributed by atoms with Crippen molar-refractivity contribution in [3.63, 3.8) is 0 Å². The normalized spacial score (nSPS) is 15.2. The highest BCUT2D eigenvalue weighted by molar-refractivity contribution is 9.10. The molecule has 1 aliphatic carbocycles. The van der Waals surface area contributed by atoms with Crippen molar-refractivity contribution in [2.45, 2.75) is 6.61 Å². The summed E-state index contributed by atoms with van der Waals surface area (Å²) in [5, 5.41) is 8.35. The quantitative estimate of drug-likeness (QED) is 0.183. The van der Waals surface area contributed by atoms with Crippen molar-refractivity contribution < 1.29 is 4.84 Å². The molecule has 6 nitrogen and oxygen atoms in total. The Morgan fingerprint density at radius 2 is 1.49 bits per heavy atom. The van der Waals surface area contributed by atoms with E-state index in [0.717, 1.165) is 86.7 Å². The van der Waals surface area contributed by atoms with Gasteiger partial charge in [0.2, 0.25) is 0 Å². The molecule has 0 atom stereocenters. The molecule has 1 fully saturated rings. The van der Waals surface area contributed by atoms with Gasteiger partial charge in [0.25, 0.3) is 0 Å². The molecule has 2 aromatic heterocycles. The summed E-state index contributed by atoms with van der Waals surface area (Å²) in [4.78, 5) is 20.8. The van der Waals surface area contributed by atoms with Crippen LogP contribution in [0.3, 0.4) is 0 Å². The number of hydrogen-bond acceptors (Lipinski definition) is 6. The first-order valence-corrected chi connectivity index (χ1v) is 15.3. The summed E-state index contributed by atoms with van der Waals surface area (Å²) in [6, 6.07) is 35.6. The molecule has 0 radical (unpaired) electrons. The predicted molar refractivity (Wildman–Crippen MR) is 178 cm³/mol. The first-order valence-electron chi connectivity index (χ1n) is 14.6. The molecule has 3 heterocycles. The van der Waals surface area contributed by atoms with Crippen LogP contribution in [0.5, 0.6) is 0 Å². The zero-order valence-corrected chi connectivity index (χ0v) is 25.0. The molecule has 43 heavy (non-hydrogen) atoms. The van der Waals surface area contributed by atoms with Crippen LogP contribution in [-0.4, -0.2) is 41.9 Å². The van der Waals surface area contributed by atoms with Crippen molar-refractivity contribution >= 4 is 55.0 Å². The summed E-state index contributed by atoms with van der Waals surface area (Å²) >= 11 is 3.70. The van der Waals surface area contributed by atoms with Crippen molar-refractivity contribution in [3.05, 3.63) is 130 Å². The average molecular weight is 627 g/mol. The lowest BCUT2D eigenvalue weighted by Crippen LogP contribution is -2.47. The van der Waals surface area contributed by atoms with Crippen LogP contribution in [0.1, 0.15) is 16.7 Å². The molecule has 7 heteroatoms. The third-order valence-electron chi connectivity index (χ3n) is 8.42. The highest BCUT2D eigenvalue weighted by Crippen LogP contribution is 2.46. The smallest absolute Gasteiger partial charge is 0.142 e. The lowest BCUT2D eigenvalue weighted by molar-refractivity contribution is 0.132. The standard InChI is InChI=1S/C36H28BrN5O/c37-26-15-16-31-30(22-26)33-28-12-3-4-13-29(28)35(40-43-23-25-10-7-9-24-8-1-2-11-27(24)25)34(33)36(39-31)42-20-18-41(19-21-42)32-14-5-6-17-38-32/h1-17,22H,18-21,23H2/b40-35-. The summed E-state index contributed by atoms with van der Waals surface area (Å²) < 4.78 is 1.02. The van der Waals surface area contributed by atoms with Crippen molar-refractivity contribution in [1.29, 1.82) is 0 Å². The van der Waals surface area contributed by atoms with Gasteiger partial charge < -0.3 is 14.6 Å². The molecule has 210 valence electrons. The van der Waals surface area contributed by atoms with Crippen LogP contribution in [0.15, 0.2) is 119 Å². The van der Waals surface area contributed by atoms with Gasteiger partial charge in [0, 0.05) is 53.4 Å². The van der Waals surface area contributed by atoms with Gasteiger partial charge in [-0.3, -0.25) is 0 Å². The van der Waals surface area contributed by atoms with E-state index in [9.17, 15) is 0 Å². The number of rotatable bonds is 5. The minimum Gasteiger partial charge on any atom is -0.390 e. The van der Waals surface area contributed by atoms with Gasteiger partial charge in [-0.25, -0.2) is 9.97 Å². The molecule has 0 amide bonds. The van der Waals surface area contributed by atoms with Crippen LogP contribution in [0.4, 0.5) is 11.6 Å². The number of piperazine rings is 1. The Kier molecular flexibility index (Phi) is 6.52. The third-order valence-corrected chi connectivity index (χ3v) is 8.92. The fourth-order valence-electron chi connectivity index (χ4n) is 6.37. The minimum atomic E-state index is 0.382. The first kappa shape index (κ1) is 25.9. The molecule has 1 aliphatic heterocycles. The number of pyridine rings is 2. The van der Waals surface area contributed by atoms with Crippen molar-refractivity contribution in [2.75, 3.05) is 36.0 Å². The number of benzene rings is 4. The maximum atomic E-state index is 6.19. The minimum absolute atomic E-state index is 0.382. The topological polar surface area (TPSA) is 53.9 Å². The van der Waals surface area contributed by atoms with E-state index >= 15 is 0 Å². The molecular formula is C36H28BrN5O. The molecule has 2 aliphatic rings. The van der Waals surface area contributed by atoms with E-state index in [1.54, 1.807) is 0 Å². The number of aromatic nitrogens is 2. The number of oxime groups is 1. The van der Waals surface area contributed by atoms with Gasteiger partial charge in [-0.15, -0.1) is 0 Å². The van der Waals surface area contributed by atoms with E-state index in [4.69, 9.17) is 15.0 Å². The van der Waals surface area contributed by atoms with E-state index in [-0.39, 0.29) is 0 Å². The summed E-state index contributed by atoms with van der Waals surface area (Å²) in [6.07, 6.45) is 1.86. The second-order valence-electron chi connectivity index (χ2n) is 10.9. The van der Waals surface area contributed by atoms with Gasteiger partial charge >= 0.3 is 0 Å². The third kappa shape index (κ3) is 4.61. The molecule has 1 saturated heterocycles. The second kappa shape index (κ2) is 10.8. The molecule has 6 aromatic rings. The van der Waals surface area contributed by atoms with E-state index in [0.29, 0.717) is 6.61 Å². The number of anilines is 2. The van der Waals surface area contributed by atoms with E-state index in [1.165, 1.54) is 10.8 Å². The molecule has 0 bridgehead atoms. The van der Waals surface area contributed by atoms with Gasteiger partial charge in [-0.05, 0) is 52.2 Å². The molecule has 4 aromatic carbocycles. The highest BCUT2D eigenvalue weighted by Gasteiger charge is 2.34. The average Bonchev–Trinajstić information content (AvgIpc) is 3.40. The highest BCUT2D eigenvalue weighted by atomic mass is 79.9. The molecule has 0 saturated carbocycles. The Morgan fingerprint density at radius 1 is 0.721 bits per heavy atom. The summed E-state index contributed by atoms with van der Waals surface area (Å²) in [5.41, 5.74) is 7.34. The lowest BCUT2D eigenvalue weighted by atomic mass is 10.0. The van der Waals surface area contributed by atoms with Crippen molar-refractivity contribution in [2.24, 2.45) is 5.16 Å². The van der Waals surface area contributed by atoms with Gasteiger partial charge in [-0.2, -0.15) is 0 Å². The molecule has 0 unspecified atom stereocenters. The van der Waals surface area contributed by atoms with Crippen molar-refractivity contribution in [1.82, 2.24) is 9.97 Å². The first-order chi connectivity index (χ1) is 21.2. The van der Waals surface area contributed by atoms with Gasteiger partial charge in [0.1, 0.15) is 24.0 Å². The Bertz CT molecular complexity index is 2010. The largest absolute Gasteiger partial charge is 0.390 e. The Balaban J connectivity index is 1.22.